The first-order chi connectivity index (χ1) is 11.8. The monoisotopic (exact) mass is 338 g/mol. The minimum Gasteiger partial charge on any atom is -0.364 e. The van der Waals surface area contributed by atoms with Crippen molar-refractivity contribution in [3.63, 3.8) is 0 Å². The Balaban J connectivity index is 1.37. The Kier molecular flexibility index (Phi) is 6.39. The maximum Gasteiger partial charge on any atom is 0.0780 e. The van der Waals surface area contributed by atoms with E-state index in [4.69, 9.17) is 12.2 Å². The van der Waals surface area contributed by atoms with Crippen LogP contribution in [0.2, 0.25) is 0 Å². The van der Waals surface area contributed by atoms with Crippen molar-refractivity contribution in [2.45, 2.75) is 25.8 Å². The third-order valence-electron chi connectivity index (χ3n) is 4.67. The van der Waals surface area contributed by atoms with E-state index in [1.54, 1.807) is 0 Å². The summed E-state index contributed by atoms with van der Waals surface area (Å²) in [6, 6.07) is 21.4. The van der Waals surface area contributed by atoms with Gasteiger partial charge < -0.3 is 4.90 Å². The second-order valence-corrected chi connectivity index (χ2v) is 6.95. The highest BCUT2D eigenvalue weighted by Gasteiger charge is 2.18. The topological polar surface area (TPSA) is 6.48 Å². The second kappa shape index (κ2) is 8.95. The molecule has 0 unspecified atom stereocenters. The molecule has 1 aliphatic heterocycles. The van der Waals surface area contributed by atoms with Crippen LogP contribution < -0.4 is 0 Å². The summed E-state index contributed by atoms with van der Waals surface area (Å²) in [6.07, 6.45) is 3.30. The van der Waals surface area contributed by atoms with Gasteiger partial charge in [0.1, 0.15) is 0 Å². The van der Waals surface area contributed by atoms with E-state index in [0.29, 0.717) is 0 Å². The van der Waals surface area contributed by atoms with Gasteiger partial charge >= 0.3 is 0 Å². The Morgan fingerprint density at radius 2 is 1.38 bits per heavy atom. The summed E-state index contributed by atoms with van der Waals surface area (Å²) >= 11 is 5.67. The molecular formula is C21H26N2S. The quantitative estimate of drug-likeness (QED) is 0.731. The normalized spacial score (nSPS) is 15.4. The summed E-state index contributed by atoms with van der Waals surface area (Å²) in [6.45, 7) is 5.39. The summed E-state index contributed by atoms with van der Waals surface area (Å²) in [7, 11) is 0. The summed E-state index contributed by atoms with van der Waals surface area (Å²) in [5, 5.41) is 0. The zero-order valence-corrected chi connectivity index (χ0v) is 15.0. The van der Waals surface area contributed by atoms with Crippen molar-refractivity contribution in [2.24, 2.45) is 0 Å². The molecule has 0 aromatic heterocycles. The summed E-state index contributed by atoms with van der Waals surface area (Å²) in [4.78, 5) is 6.07. The van der Waals surface area contributed by atoms with Gasteiger partial charge in [-0.3, -0.25) is 4.90 Å². The van der Waals surface area contributed by atoms with E-state index in [2.05, 4.69) is 70.5 Å². The minimum absolute atomic E-state index is 1.03. The van der Waals surface area contributed by atoms with Crippen molar-refractivity contribution in [1.82, 2.24) is 9.80 Å². The number of nitrogens with zero attached hydrogens (tertiary/aromatic N) is 2. The average molecular weight is 339 g/mol. The van der Waals surface area contributed by atoms with E-state index >= 15 is 0 Å². The van der Waals surface area contributed by atoms with Gasteiger partial charge in [-0.25, -0.2) is 0 Å². The summed E-state index contributed by atoms with van der Waals surface area (Å²) in [5.41, 5.74) is 2.81. The largest absolute Gasteiger partial charge is 0.364 e. The van der Waals surface area contributed by atoms with Gasteiger partial charge in [0, 0.05) is 32.7 Å². The molecule has 0 bridgehead atoms. The first-order valence-corrected chi connectivity index (χ1v) is 9.30. The molecule has 0 atom stereocenters. The molecule has 0 saturated carbocycles. The predicted molar refractivity (Wildman–Crippen MR) is 105 cm³/mol. The molecular weight excluding hydrogens is 312 g/mol. The summed E-state index contributed by atoms with van der Waals surface area (Å²) in [5.74, 6) is 0. The van der Waals surface area contributed by atoms with Crippen LogP contribution in [0.4, 0.5) is 0 Å². The van der Waals surface area contributed by atoms with Gasteiger partial charge in [0.2, 0.25) is 0 Å². The molecule has 1 fully saturated rings. The number of piperazine rings is 1. The lowest BCUT2D eigenvalue weighted by Crippen LogP contribution is -2.47. The molecule has 24 heavy (non-hydrogen) atoms. The molecule has 1 saturated heterocycles. The molecule has 0 amide bonds. The standard InChI is InChI=1S/C21H26N2S/c24-21(13-7-12-19-8-3-1-4-9-19)23-16-14-22(15-17-23)18-20-10-5-2-6-11-20/h1-6,8-11H,7,12-18H2. The Morgan fingerprint density at radius 1 is 0.792 bits per heavy atom. The van der Waals surface area contributed by atoms with Gasteiger partial charge in [0.25, 0.3) is 0 Å². The van der Waals surface area contributed by atoms with E-state index in [-0.39, 0.29) is 0 Å². The highest BCUT2D eigenvalue weighted by molar-refractivity contribution is 7.80. The van der Waals surface area contributed by atoms with Crippen molar-refractivity contribution >= 4 is 17.2 Å². The first kappa shape index (κ1) is 17.1. The first-order valence-electron chi connectivity index (χ1n) is 8.89. The lowest BCUT2D eigenvalue weighted by Gasteiger charge is -2.36. The minimum atomic E-state index is 1.03. The molecule has 3 heteroatoms. The Hall–Kier alpha value is -1.71. The zero-order chi connectivity index (χ0) is 16.6. The lowest BCUT2D eigenvalue weighted by molar-refractivity contribution is 0.175. The third kappa shape index (κ3) is 5.15. The second-order valence-electron chi connectivity index (χ2n) is 6.48. The SMILES string of the molecule is S=C(CCCc1ccccc1)N1CCN(Cc2ccccc2)CC1. The van der Waals surface area contributed by atoms with Crippen molar-refractivity contribution in [2.75, 3.05) is 26.2 Å². The van der Waals surface area contributed by atoms with Crippen LogP contribution in [-0.2, 0) is 13.0 Å². The van der Waals surface area contributed by atoms with E-state index < -0.39 is 0 Å². The predicted octanol–water partition coefficient (Wildman–Crippen LogP) is 4.15. The highest BCUT2D eigenvalue weighted by atomic mass is 32.1. The number of benzene rings is 2. The average Bonchev–Trinajstić information content (AvgIpc) is 2.64. The number of hydrogen-bond donors (Lipinski definition) is 0. The summed E-state index contributed by atoms with van der Waals surface area (Å²) < 4.78 is 0. The van der Waals surface area contributed by atoms with Crippen LogP contribution in [0, 0.1) is 0 Å². The van der Waals surface area contributed by atoms with Crippen LogP contribution in [0.1, 0.15) is 24.0 Å². The zero-order valence-electron chi connectivity index (χ0n) is 14.2. The van der Waals surface area contributed by atoms with E-state index in [0.717, 1.165) is 57.0 Å². The van der Waals surface area contributed by atoms with Crippen LogP contribution >= 0.6 is 12.2 Å². The van der Waals surface area contributed by atoms with Crippen molar-refractivity contribution < 1.29 is 0 Å². The highest BCUT2D eigenvalue weighted by Crippen LogP contribution is 2.12. The molecule has 0 radical (unpaired) electrons. The van der Waals surface area contributed by atoms with Crippen LogP contribution in [0.25, 0.3) is 0 Å². The fraction of sp³-hybridized carbons (Fsp3) is 0.381. The third-order valence-corrected chi connectivity index (χ3v) is 5.14. The number of aryl methyl sites for hydroxylation is 1. The molecule has 2 aromatic rings. The van der Waals surface area contributed by atoms with Crippen LogP contribution in [0.5, 0.6) is 0 Å². The Labute approximate surface area is 151 Å². The van der Waals surface area contributed by atoms with Gasteiger partial charge in [0.05, 0.1) is 4.99 Å². The fourth-order valence-corrected chi connectivity index (χ4v) is 3.57. The van der Waals surface area contributed by atoms with Crippen LogP contribution in [0.15, 0.2) is 60.7 Å². The lowest BCUT2D eigenvalue weighted by atomic mass is 10.1. The maximum absolute atomic E-state index is 5.67. The number of hydrogen-bond acceptors (Lipinski definition) is 2. The van der Waals surface area contributed by atoms with Gasteiger partial charge in [-0.1, -0.05) is 72.9 Å². The molecule has 0 aliphatic carbocycles. The molecule has 3 rings (SSSR count). The molecule has 2 nitrogen and oxygen atoms in total. The maximum atomic E-state index is 5.67. The van der Waals surface area contributed by atoms with Crippen molar-refractivity contribution in [3.05, 3.63) is 71.8 Å². The van der Waals surface area contributed by atoms with E-state index in [1.165, 1.54) is 11.1 Å². The Bertz CT molecular complexity index is 619. The van der Waals surface area contributed by atoms with Crippen LogP contribution in [0.3, 0.4) is 0 Å². The molecule has 1 heterocycles. The van der Waals surface area contributed by atoms with Gasteiger partial charge in [0.15, 0.2) is 0 Å². The Morgan fingerprint density at radius 3 is 2.00 bits per heavy atom. The van der Waals surface area contributed by atoms with Gasteiger partial charge in [-0.15, -0.1) is 0 Å². The number of thiocarbonyl (C=S) groups is 1. The van der Waals surface area contributed by atoms with Gasteiger partial charge in [-0.2, -0.15) is 0 Å². The molecule has 126 valence electrons. The molecule has 2 aromatic carbocycles. The molecule has 1 aliphatic rings. The van der Waals surface area contributed by atoms with Crippen molar-refractivity contribution in [3.8, 4) is 0 Å². The van der Waals surface area contributed by atoms with E-state index in [9.17, 15) is 0 Å². The van der Waals surface area contributed by atoms with Gasteiger partial charge in [-0.05, 0) is 30.4 Å². The molecule has 0 N–H and O–H groups in total. The van der Waals surface area contributed by atoms with Crippen LogP contribution in [-0.4, -0.2) is 41.0 Å². The fourth-order valence-electron chi connectivity index (χ4n) is 3.24. The number of rotatable bonds is 6. The smallest absolute Gasteiger partial charge is 0.0780 e. The van der Waals surface area contributed by atoms with E-state index in [1.807, 2.05) is 0 Å². The van der Waals surface area contributed by atoms with Crippen molar-refractivity contribution in [1.29, 1.82) is 0 Å². The molecule has 0 spiro atoms.